The van der Waals surface area contributed by atoms with E-state index in [2.05, 4.69) is 157 Å². The van der Waals surface area contributed by atoms with E-state index in [-0.39, 0.29) is 11.6 Å². The first-order valence-corrected chi connectivity index (χ1v) is 24.7. The Labute approximate surface area is 425 Å². The fourth-order valence-electron chi connectivity index (χ4n) is 11.6. The first kappa shape index (κ1) is 45.0. The quantitative estimate of drug-likeness (QED) is 0.128. The molecule has 12 rings (SSSR count). The Morgan fingerprint density at radius 2 is 0.671 bits per heavy atom. The number of carbonyl (C=O) groups excluding carboxylic acids is 2. The van der Waals surface area contributed by atoms with Gasteiger partial charge in [0.05, 0.1) is 10.8 Å². The van der Waals surface area contributed by atoms with Crippen LogP contribution < -0.4 is 9.47 Å². The summed E-state index contributed by atoms with van der Waals surface area (Å²) < 4.78 is 11.9. The van der Waals surface area contributed by atoms with Gasteiger partial charge >= 0.3 is 0 Å². The van der Waals surface area contributed by atoms with E-state index in [1.807, 2.05) is 98.8 Å². The van der Waals surface area contributed by atoms with E-state index in [1.165, 1.54) is 0 Å². The minimum absolute atomic E-state index is 0.0341. The van der Waals surface area contributed by atoms with Crippen LogP contribution in [0.2, 0.25) is 0 Å². The highest BCUT2D eigenvalue weighted by Gasteiger charge is 2.48. The van der Waals surface area contributed by atoms with Gasteiger partial charge in [-0.25, -0.2) is 0 Å². The van der Waals surface area contributed by atoms with Gasteiger partial charge in [-0.2, -0.15) is 0 Å². The summed E-state index contributed by atoms with van der Waals surface area (Å²) in [4.78, 5) is 28.6. The molecule has 0 radical (unpaired) electrons. The van der Waals surface area contributed by atoms with Crippen molar-refractivity contribution in [1.29, 1.82) is 0 Å². The number of rotatable bonds is 10. The van der Waals surface area contributed by atoms with E-state index in [1.54, 1.807) is 0 Å². The molecule has 348 valence electrons. The lowest BCUT2D eigenvalue weighted by molar-refractivity contribution is 0.102. The standard InChI is InChI=1S/C69H48O4/c1-3-5-39-72-56-37-29-48-42-54(35-27-50(48)44-56)68(62-19-11-7-15-58(62)66(70)59-16-8-12-20-63(59)68)52-31-23-46(24-32-52)41-47-25-33-53(34-26-47)69(55-36-28-51-45-57(73-40-6-4-2)38-30-49(51)43-55)64-21-13-9-17-60(64)67(71)61-18-10-14-22-65(61)69/h7-38,42-45H,39-41H2,1-2H3. The number of carbonyl (C=O) groups is 2. The number of ether oxygens (including phenoxy) is 2. The largest absolute Gasteiger partial charge is 0.481 e. The molecule has 0 aromatic heterocycles. The van der Waals surface area contributed by atoms with Crippen LogP contribution in [0.5, 0.6) is 11.5 Å². The van der Waals surface area contributed by atoms with E-state index in [9.17, 15) is 9.59 Å². The summed E-state index contributed by atoms with van der Waals surface area (Å²) in [5, 5.41) is 4.26. The Balaban J connectivity index is 0.942. The number of benzene rings is 10. The van der Waals surface area contributed by atoms with Crippen molar-refractivity contribution in [2.24, 2.45) is 0 Å². The summed E-state index contributed by atoms with van der Waals surface area (Å²) in [7, 11) is 0. The van der Waals surface area contributed by atoms with E-state index < -0.39 is 10.8 Å². The van der Waals surface area contributed by atoms with Crippen molar-refractivity contribution in [1.82, 2.24) is 0 Å². The molecule has 0 bridgehead atoms. The molecule has 0 unspecified atom stereocenters. The minimum Gasteiger partial charge on any atom is -0.481 e. The van der Waals surface area contributed by atoms with Gasteiger partial charge in [-0.05, 0) is 134 Å². The van der Waals surface area contributed by atoms with Crippen molar-refractivity contribution in [2.45, 2.75) is 31.1 Å². The van der Waals surface area contributed by atoms with Crippen molar-refractivity contribution < 1.29 is 19.1 Å². The Hall–Kier alpha value is -9.22. The van der Waals surface area contributed by atoms with Crippen molar-refractivity contribution in [3.8, 4) is 35.2 Å². The monoisotopic (exact) mass is 940 g/mol. The maximum atomic E-state index is 14.3. The van der Waals surface area contributed by atoms with Crippen LogP contribution >= 0.6 is 0 Å². The van der Waals surface area contributed by atoms with Crippen LogP contribution in [0.3, 0.4) is 0 Å². The molecule has 10 aromatic rings. The number of hydrogen-bond acceptors (Lipinski definition) is 4. The highest BCUT2D eigenvalue weighted by atomic mass is 16.5. The number of fused-ring (bicyclic) bond motifs is 6. The molecule has 2 aliphatic rings. The molecule has 73 heavy (non-hydrogen) atoms. The summed E-state index contributed by atoms with van der Waals surface area (Å²) in [6.07, 6.45) is 0.701. The maximum absolute atomic E-state index is 14.3. The molecule has 0 saturated carbocycles. The molecule has 0 fully saturated rings. The molecule has 0 heterocycles. The van der Waals surface area contributed by atoms with Gasteiger partial charge < -0.3 is 9.47 Å². The molecule has 0 atom stereocenters. The average Bonchev–Trinajstić information content (AvgIpc) is 3.44. The molecule has 0 aliphatic heterocycles. The van der Waals surface area contributed by atoms with Crippen LogP contribution in [-0.4, -0.2) is 24.8 Å². The lowest BCUT2D eigenvalue weighted by atomic mass is 9.59. The topological polar surface area (TPSA) is 52.6 Å². The fourth-order valence-corrected chi connectivity index (χ4v) is 11.6. The third-order valence-electron chi connectivity index (χ3n) is 14.9. The molecule has 0 saturated heterocycles. The molecular weight excluding hydrogens is 893 g/mol. The smallest absolute Gasteiger partial charge is 0.193 e. The van der Waals surface area contributed by atoms with Crippen molar-refractivity contribution >= 4 is 33.1 Å². The molecule has 0 amide bonds. The summed E-state index contributed by atoms with van der Waals surface area (Å²) in [6, 6.07) is 75.9. The van der Waals surface area contributed by atoms with Crippen LogP contribution in [0.25, 0.3) is 21.5 Å². The van der Waals surface area contributed by atoms with Crippen LogP contribution in [0.1, 0.15) is 101 Å². The first-order chi connectivity index (χ1) is 35.9. The molecule has 2 aliphatic carbocycles. The second-order valence-corrected chi connectivity index (χ2v) is 18.8. The third-order valence-corrected chi connectivity index (χ3v) is 14.9. The van der Waals surface area contributed by atoms with Crippen molar-refractivity contribution in [2.75, 3.05) is 13.2 Å². The maximum Gasteiger partial charge on any atom is 0.193 e. The average molecular weight is 941 g/mol. The van der Waals surface area contributed by atoms with E-state index in [4.69, 9.17) is 9.47 Å². The minimum atomic E-state index is -0.785. The Kier molecular flexibility index (Phi) is 11.4. The van der Waals surface area contributed by atoms with Gasteiger partial charge in [0.2, 0.25) is 0 Å². The van der Waals surface area contributed by atoms with Gasteiger partial charge in [0.25, 0.3) is 0 Å². The molecule has 0 N–H and O–H groups in total. The van der Waals surface area contributed by atoms with Gasteiger partial charge in [0, 0.05) is 22.3 Å². The number of hydrogen-bond donors (Lipinski definition) is 0. The van der Waals surface area contributed by atoms with Crippen molar-refractivity contribution in [3.05, 3.63) is 296 Å². The van der Waals surface area contributed by atoms with Gasteiger partial charge in [-0.3, -0.25) is 9.59 Å². The van der Waals surface area contributed by atoms with Gasteiger partial charge in [0.1, 0.15) is 24.7 Å². The zero-order valence-corrected chi connectivity index (χ0v) is 40.5. The summed E-state index contributed by atoms with van der Waals surface area (Å²) in [5.41, 5.74) is 11.7. The normalized spacial score (nSPS) is 13.6. The Morgan fingerprint density at radius 3 is 1.03 bits per heavy atom. The number of ketones is 2. The van der Waals surface area contributed by atoms with Crippen molar-refractivity contribution in [3.63, 3.8) is 0 Å². The fraction of sp³-hybridized carbons (Fsp3) is 0.101. The Morgan fingerprint density at radius 1 is 0.356 bits per heavy atom. The van der Waals surface area contributed by atoms with Crippen LogP contribution in [-0.2, 0) is 17.3 Å². The second kappa shape index (κ2) is 18.5. The summed E-state index contributed by atoms with van der Waals surface area (Å²) in [6.45, 7) is 4.29. The Bertz CT molecular complexity index is 3610. The second-order valence-electron chi connectivity index (χ2n) is 18.8. The van der Waals surface area contributed by atoms with Gasteiger partial charge in [-0.1, -0.05) is 194 Å². The van der Waals surface area contributed by atoms with Crippen LogP contribution in [0.4, 0.5) is 0 Å². The van der Waals surface area contributed by atoms with E-state index in [0.717, 1.165) is 88.7 Å². The predicted octanol–water partition coefficient (Wildman–Crippen LogP) is 14.2. The van der Waals surface area contributed by atoms with Crippen LogP contribution in [0.15, 0.2) is 218 Å². The first-order valence-electron chi connectivity index (χ1n) is 24.7. The molecular formula is C69H48O4. The zero-order valence-electron chi connectivity index (χ0n) is 40.5. The van der Waals surface area contributed by atoms with E-state index >= 15 is 0 Å². The summed E-state index contributed by atoms with van der Waals surface area (Å²) >= 11 is 0. The highest BCUT2D eigenvalue weighted by molar-refractivity contribution is 6.15. The lowest BCUT2D eigenvalue weighted by Crippen LogP contribution is -2.38. The summed E-state index contributed by atoms with van der Waals surface area (Å²) in [5.74, 6) is 13.4. The highest BCUT2D eigenvalue weighted by Crippen LogP contribution is 2.53. The zero-order chi connectivity index (χ0) is 49.5. The van der Waals surface area contributed by atoms with E-state index in [0.29, 0.717) is 41.9 Å². The molecule has 4 heteroatoms. The SMILES string of the molecule is CC#CCOc1ccc2cc(C3(c4ccc(Cc5ccc(C6(c7ccc8cc(OCC#CC)ccc8c7)c7ccccc7C(=O)c7ccccc76)cc5)cc4)c4ccccc4C(=O)c4ccccc43)ccc2c1. The molecule has 4 nitrogen and oxygen atoms in total. The lowest BCUT2D eigenvalue weighted by Gasteiger charge is -2.42. The van der Waals surface area contributed by atoms with Gasteiger partial charge in [-0.15, -0.1) is 11.8 Å². The molecule has 10 aromatic carbocycles. The molecule has 0 spiro atoms. The third kappa shape index (κ3) is 7.42. The van der Waals surface area contributed by atoms with Gasteiger partial charge in [0.15, 0.2) is 11.6 Å². The van der Waals surface area contributed by atoms with Crippen LogP contribution in [0, 0.1) is 23.7 Å². The predicted molar refractivity (Wildman–Crippen MR) is 292 cm³/mol.